The molecule has 0 aliphatic heterocycles. The second-order valence-electron chi connectivity index (χ2n) is 2.86. The lowest BCUT2D eigenvalue weighted by Crippen LogP contribution is -1.79. The summed E-state index contributed by atoms with van der Waals surface area (Å²) in [7, 11) is 0. The molecule has 13 heavy (non-hydrogen) atoms. The molecule has 0 bridgehead atoms. The highest BCUT2D eigenvalue weighted by molar-refractivity contribution is 7.80. The van der Waals surface area contributed by atoms with Crippen LogP contribution in [-0.2, 0) is 0 Å². The Morgan fingerprint density at radius 2 is 2.00 bits per heavy atom. The van der Waals surface area contributed by atoms with Crippen molar-refractivity contribution in [3.8, 4) is 0 Å². The van der Waals surface area contributed by atoms with Gasteiger partial charge in [-0.3, -0.25) is 0 Å². The fourth-order valence-electron chi connectivity index (χ4n) is 0.935. The molecule has 0 aromatic heterocycles. The molecule has 0 aliphatic carbocycles. The molecule has 0 aliphatic rings. The number of allylic oxidation sites excluding steroid dienone is 1. The molecule has 0 N–H and O–H groups in total. The number of hydrogen-bond acceptors (Lipinski definition) is 1. The lowest BCUT2D eigenvalue weighted by atomic mass is 10.2. The van der Waals surface area contributed by atoms with Gasteiger partial charge in [0, 0.05) is 5.02 Å². The van der Waals surface area contributed by atoms with Gasteiger partial charge < -0.3 is 0 Å². The maximum Gasteiger partial charge on any atom is 0.0406 e. The van der Waals surface area contributed by atoms with Crippen LogP contribution in [0.5, 0.6) is 0 Å². The average Bonchev–Trinajstić information content (AvgIpc) is 2.08. The van der Waals surface area contributed by atoms with E-state index < -0.39 is 0 Å². The van der Waals surface area contributed by atoms with Gasteiger partial charge in [0.05, 0.1) is 0 Å². The second kappa shape index (κ2) is 5.15. The molecule has 2 heteroatoms. The normalized spacial score (nSPS) is 10.6. The summed E-state index contributed by atoms with van der Waals surface area (Å²) < 4.78 is 0. The maximum absolute atomic E-state index is 5.75. The van der Waals surface area contributed by atoms with E-state index in [9.17, 15) is 0 Å². The van der Waals surface area contributed by atoms with Crippen LogP contribution in [-0.4, -0.2) is 4.86 Å². The maximum atomic E-state index is 5.75. The summed E-state index contributed by atoms with van der Waals surface area (Å²) in [5, 5.41) is 0.767. The molecule has 1 aromatic rings. The molecular weight excluding hydrogens is 200 g/mol. The number of thiocarbonyl (C=S) groups is 1. The van der Waals surface area contributed by atoms with E-state index in [0.717, 1.165) is 21.9 Å². The van der Waals surface area contributed by atoms with Crippen molar-refractivity contribution in [2.45, 2.75) is 13.3 Å². The fraction of sp³-hybridized carbons (Fsp3) is 0.182. The van der Waals surface area contributed by atoms with Crippen molar-refractivity contribution < 1.29 is 0 Å². The van der Waals surface area contributed by atoms with Gasteiger partial charge in [0.2, 0.25) is 0 Å². The Bertz CT molecular complexity index is 311. The second-order valence-corrected chi connectivity index (χ2v) is 3.99. The molecular formula is C11H11ClS. The van der Waals surface area contributed by atoms with Crippen molar-refractivity contribution in [1.29, 1.82) is 0 Å². The van der Waals surface area contributed by atoms with E-state index in [-0.39, 0.29) is 0 Å². The molecule has 1 aromatic carbocycles. The molecule has 0 nitrogen and oxygen atoms in total. The van der Waals surface area contributed by atoms with Crippen molar-refractivity contribution in [2.24, 2.45) is 0 Å². The molecule has 0 heterocycles. The van der Waals surface area contributed by atoms with E-state index in [1.807, 2.05) is 37.3 Å². The highest BCUT2D eigenvalue weighted by atomic mass is 35.5. The molecule has 1 rings (SSSR count). The Kier molecular flexibility index (Phi) is 4.13. The van der Waals surface area contributed by atoms with Gasteiger partial charge in [-0.1, -0.05) is 48.1 Å². The monoisotopic (exact) mass is 210 g/mol. The third-order valence-corrected chi connectivity index (χ3v) is 2.00. The Hall–Kier alpha value is -0.660. The van der Waals surface area contributed by atoms with Gasteiger partial charge in [0.25, 0.3) is 0 Å². The number of hydrogen-bond donors (Lipinski definition) is 0. The molecule has 0 saturated heterocycles. The largest absolute Gasteiger partial charge is 0.0897 e. The average molecular weight is 211 g/mol. The molecule has 0 radical (unpaired) electrons. The zero-order valence-electron chi connectivity index (χ0n) is 7.46. The first-order valence-electron chi connectivity index (χ1n) is 4.10. The molecule has 68 valence electrons. The van der Waals surface area contributed by atoms with Crippen LogP contribution in [0.25, 0.3) is 6.08 Å². The van der Waals surface area contributed by atoms with Crippen LogP contribution in [0.2, 0.25) is 5.02 Å². The standard InChI is InChI=1S/C11H11ClS/c1-9(13)3-2-4-10-5-7-11(12)8-6-10/h2,4-8H,3H2,1H3. The van der Waals surface area contributed by atoms with Crippen LogP contribution >= 0.6 is 23.8 Å². The van der Waals surface area contributed by atoms with Gasteiger partial charge >= 0.3 is 0 Å². The van der Waals surface area contributed by atoms with Crippen LogP contribution in [0.15, 0.2) is 30.3 Å². The third-order valence-electron chi connectivity index (χ3n) is 1.59. The predicted octanol–water partition coefficient (Wildman–Crippen LogP) is 4.13. The first-order valence-corrected chi connectivity index (χ1v) is 4.88. The van der Waals surface area contributed by atoms with E-state index in [0.29, 0.717) is 0 Å². The Morgan fingerprint density at radius 1 is 1.38 bits per heavy atom. The minimum absolute atomic E-state index is 0.767. The number of benzene rings is 1. The highest BCUT2D eigenvalue weighted by Gasteiger charge is 1.87. The van der Waals surface area contributed by atoms with Gasteiger partial charge in [-0.05, 0) is 35.9 Å². The van der Waals surface area contributed by atoms with Crippen LogP contribution in [0.1, 0.15) is 18.9 Å². The first kappa shape index (κ1) is 10.4. The Labute approximate surface area is 89.2 Å². The number of rotatable bonds is 3. The summed E-state index contributed by atoms with van der Waals surface area (Å²) in [5.74, 6) is 0. The summed E-state index contributed by atoms with van der Waals surface area (Å²) in [6, 6.07) is 7.73. The van der Waals surface area contributed by atoms with Crippen LogP contribution < -0.4 is 0 Å². The fourth-order valence-corrected chi connectivity index (χ4v) is 1.16. The predicted molar refractivity (Wildman–Crippen MR) is 63.4 cm³/mol. The van der Waals surface area contributed by atoms with E-state index in [2.05, 4.69) is 6.08 Å². The van der Waals surface area contributed by atoms with E-state index in [1.54, 1.807) is 0 Å². The summed E-state index contributed by atoms with van der Waals surface area (Å²) in [5.41, 5.74) is 1.15. The van der Waals surface area contributed by atoms with Crippen molar-refractivity contribution in [2.75, 3.05) is 0 Å². The van der Waals surface area contributed by atoms with Crippen molar-refractivity contribution in [3.05, 3.63) is 40.9 Å². The van der Waals surface area contributed by atoms with Crippen molar-refractivity contribution in [1.82, 2.24) is 0 Å². The Balaban J connectivity index is 2.59. The van der Waals surface area contributed by atoms with Gasteiger partial charge in [-0.25, -0.2) is 0 Å². The topological polar surface area (TPSA) is 0 Å². The molecule has 0 atom stereocenters. The van der Waals surface area contributed by atoms with Crippen molar-refractivity contribution in [3.63, 3.8) is 0 Å². The van der Waals surface area contributed by atoms with E-state index >= 15 is 0 Å². The zero-order chi connectivity index (χ0) is 9.68. The SMILES string of the molecule is CC(=S)CC=Cc1ccc(Cl)cc1. The van der Waals surface area contributed by atoms with Crippen molar-refractivity contribution >= 4 is 34.8 Å². The van der Waals surface area contributed by atoms with Crippen LogP contribution in [0.3, 0.4) is 0 Å². The quantitative estimate of drug-likeness (QED) is 0.676. The summed E-state index contributed by atoms with van der Waals surface area (Å²) in [4.78, 5) is 1.00. The smallest absolute Gasteiger partial charge is 0.0406 e. The highest BCUT2D eigenvalue weighted by Crippen LogP contribution is 2.10. The molecule has 0 fully saturated rings. The zero-order valence-corrected chi connectivity index (χ0v) is 9.03. The first-order chi connectivity index (χ1) is 6.18. The summed E-state index contributed by atoms with van der Waals surface area (Å²) in [6.45, 7) is 1.95. The van der Waals surface area contributed by atoms with E-state index in [1.165, 1.54) is 0 Å². The molecule has 0 amide bonds. The summed E-state index contributed by atoms with van der Waals surface area (Å²) in [6.07, 6.45) is 4.97. The Morgan fingerprint density at radius 3 is 2.54 bits per heavy atom. The third kappa shape index (κ3) is 4.20. The summed E-state index contributed by atoms with van der Waals surface area (Å²) >= 11 is 10.7. The van der Waals surface area contributed by atoms with Gasteiger partial charge in [0.15, 0.2) is 0 Å². The van der Waals surface area contributed by atoms with E-state index in [4.69, 9.17) is 23.8 Å². The molecule has 0 unspecified atom stereocenters. The number of halogens is 1. The van der Waals surface area contributed by atoms with Crippen LogP contribution in [0.4, 0.5) is 0 Å². The van der Waals surface area contributed by atoms with Crippen LogP contribution in [0, 0.1) is 0 Å². The lowest BCUT2D eigenvalue weighted by molar-refractivity contribution is 1.51. The minimum Gasteiger partial charge on any atom is -0.0897 e. The lowest BCUT2D eigenvalue weighted by Gasteiger charge is -1.93. The van der Waals surface area contributed by atoms with Gasteiger partial charge in [-0.2, -0.15) is 0 Å². The van der Waals surface area contributed by atoms with Gasteiger partial charge in [0.1, 0.15) is 0 Å². The molecule has 0 saturated carbocycles. The minimum atomic E-state index is 0.767. The van der Waals surface area contributed by atoms with Gasteiger partial charge in [-0.15, -0.1) is 0 Å². The molecule has 0 spiro atoms.